The molecule has 0 bridgehead atoms. The molecule has 0 saturated carbocycles. The van der Waals surface area contributed by atoms with Crippen LogP contribution in [0.1, 0.15) is 27.8 Å². The van der Waals surface area contributed by atoms with E-state index in [1.807, 2.05) is 12.1 Å². The fraction of sp³-hybridized carbons (Fsp3) is 0.250. The number of rotatable bonds is 5. The van der Waals surface area contributed by atoms with Gasteiger partial charge in [-0.3, -0.25) is 0 Å². The molecule has 4 aromatic carbocycles. The Morgan fingerprint density at radius 1 is 0.694 bits per heavy atom. The predicted octanol–water partition coefficient (Wildman–Crippen LogP) is 6.95. The van der Waals surface area contributed by atoms with Gasteiger partial charge in [-0.1, -0.05) is 36.4 Å². The van der Waals surface area contributed by atoms with E-state index in [9.17, 15) is 0 Å². The van der Waals surface area contributed by atoms with Crippen LogP contribution >= 0.6 is 0 Å². The van der Waals surface area contributed by atoms with Crippen LogP contribution in [-0.4, -0.2) is 35.3 Å². The van der Waals surface area contributed by atoms with E-state index in [2.05, 4.69) is 119 Å². The first-order valence-corrected chi connectivity index (χ1v) is 12.3. The number of nitrogens with zero attached hydrogens (tertiary/aromatic N) is 2. The fourth-order valence-corrected chi connectivity index (χ4v) is 5.07. The summed E-state index contributed by atoms with van der Waals surface area (Å²) in [6, 6.07) is 23.6. The van der Waals surface area contributed by atoms with Gasteiger partial charge in [0.05, 0.1) is 7.11 Å². The molecule has 0 spiro atoms. The van der Waals surface area contributed by atoms with E-state index in [0.29, 0.717) is 0 Å². The van der Waals surface area contributed by atoms with Crippen molar-refractivity contribution < 1.29 is 9.47 Å². The fourth-order valence-electron chi connectivity index (χ4n) is 5.07. The molecule has 0 radical (unpaired) electrons. The van der Waals surface area contributed by atoms with E-state index in [4.69, 9.17) is 9.47 Å². The van der Waals surface area contributed by atoms with Crippen LogP contribution < -0.4 is 19.3 Å². The average Bonchev–Trinajstić information content (AvgIpc) is 2.89. The third-order valence-electron chi connectivity index (χ3n) is 7.24. The monoisotopic (exact) mass is 478 g/mol. The minimum Gasteiger partial charge on any atom is -0.497 e. The van der Waals surface area contributed by atoms with Crippen molar-refractivity contribution in [3.05, 3.63) is 101 Å². The Balaban J connectivity index is 1.77. The molecule has 1 heterocycles. The lowest BCUT2D eigenvalue weighted by molar-refractivity contribution is 0.163. The molecule has 1 atom stereocenters. The normalized spacial score (nSPS) is 16.4. The molecular weight excluding hydrogens is 444 g/mol. The van der Waals surface area contributed by atoms with Gasteiger partial charge in [0.15, 0.2) is 5.60 Å². The summed E-state index contributed by atoms with van der Waals surface area (Å²) in [5.74, 6) is 1.75. The van der Waals surface area contributed by atoms with E-state index in [0.717, 1.165) is 45.0 Å². The van der Waals surface area contributed by atoms with Crippen molar-refractivity contribution in [2.24, 2.45) is 0 Å². The molecule has 0 fully saturated rings. The van der Waals surface area contributed by atoms with E-state index in [-0.39, 0.29) is 0 Å². The Bertz CT molecular complexity index is 1450. The molecular formula is C32H34N2O2. The Hall–Kier alpha value is -3.92. The third kappa shape index (κ3) is 3.87. The second kappa shape index (κ2) is 8.94. The van der Waals surface area contributed by atoms with Crippen LogP contribution in [0.5, 0.6) is 11.5 Å². The lowest BCUT2D eigenvalue weighted by Gasteiger charge is -2.37. The lowest BCUT2D eigenvalue weighted by atomic mass is 9.82. The topological polar surface area (TPSA) is 24.9 Å². The number of anilines is 2. The maximum Gasteiger partial charge on any atom is 0.178 e. The largest absolute Gasteiger partial charge is 0.497 e. The maximum absolute atomic E-state index is 7.19. The molecule has 4 heteroatoms. The van der Waals surface area contributed by atoms with Crippen molar-refractivity contribution in [1.82, 2.24) is 0 Å². The standard InChI is InChI=1S/C32H34N2O2/c1-21-18-26(34(5)6)20-30-29(21)19-22(2)28-16-17-32(36-31(28)30,24-10-14-27(35-7)15-11-24)23-8-12-25(13-9-23)33(3)4/h8-20H,1-7H3. The molecule has 0 aromatic heterocycles. The number of fused-ring (bicyclic) bond motifs is 3. The summed E-state index contributed by atoms with van der Waals surface area (Å²) in [6.45, 7) is 4.34. The zero-order valence-corrected chi connectivity index (χ0v) is 22.2. The molecule has 1 unspecified atom stereocenters. The van der Waals surface area contributed by atoms with Gasteiger partial charge < -0.3 is 19.3 Å². The molecule has 0 aliphatic carbocycles. The number of hydrogen-bond acceptors (Lipinski definition) is 4. The molecule has 0 N–H and O–H groups in total. The quantitative estimate of drug-likeness (QED) is 0.310. The second-order valence-corrected chi connectivity index (χ2v) is 10.0. The summed E-state index contributed by atoms with van der Waals surface area (Å²) in [5, 5.41) is 2.35. The van der Waals surface area contributed by atoms with Gasteiger partial charge in [-0.2, -0.15) is 0 Å². The van der Waals surface area contributed by atoms with Gasteiger partial charge in [-0.15, -0.1) is 0 Å². The Morgan fingerprint density at radius 3 is 1.89 bits per heavy atom. The summed E-state index contributed by atoms with van der Waals surface area (Å²) in [6.07, 6.45) is 4.43. The summed E-state index contributed by atoms with van der Waals surface area (Å²) < 4.78 is 12.6. The van der Waals surface area contributed by atoms with Crippen LogP contribution in [0.2, 0.25) is 0 Å². The van der Waals surface area contributed by atoms with Crippen LogP contribution in [0.15, 0.2) is 72.8 Å². The first-order valence-electron chi connectivity index (χ1n) is 12.3. The van der Waals surface area contributed by atoms with Crippen LogP contribution in [0, 0.1) is 13.8 Å². The third-order valence-corrected chi connectivity index (χ3v) is 7.24. The highest BCUT2D eigenvalue weighted by molar-refractivity contribution is 5.98. The van der Waals surface area contributed by atoms with Gasteiger partial charge in [-0.05, 0) is 72.8 Å². The van der Waals surface area contributed by atoms with Crippen molar-refractivity contribution in [3.63, 3.8) is 0 Å². The van der Waals surface area contributed by atoms with Crippen molar-refractivity contribution in [2.75, 3.05) is 45.1 Å². The highest BCUT2D eigenvalue weighted by Crippen LogP contribution is 2.47. The van der Waals surface area contributed by atoms with E-state index >= 15 is 0 Å². The molecule has 0 amide bonds. The highest BCUT2D eigenvalue weighted by Gasteiger charge is 2.38. The molecule has 5 rings (SSSR count). The Kier molecular flexibility index (Phi) is 5.91. The van der Waals surface area contributed by atoms with Crippen molar-refractivity contribution >= 4 is 28.2 Å². The number of benzene rings is 4. The predicted molar refractivity (Wildman–Crippen MR) is 152 cm³/mol. The lowest BCUT2D eigenvalue weighted by Crippen LogP contribution is -2.34. The van der Waals surface area contributed by atoms with Gasteiger partial charge in [0.25, 0.3) is 0 Å². The number of hydrogen-bond donors (Lipinski definition) is 0. The summed E-state index contributed by atoms with van der Waals surface area (Å²) in [4.78, 5) is 4.26. The van der Waals surface area contributed by atoms with Crippen molar-refractivity contribution in [2.45, 2.75) is 19.4 Å². The minimum atomic E-state index is -0.771. The first-order chi connectivity index (χ1) is 17.2. The zero-order chi connectivity index (χ0) is 25.6. The van der Waals surface area contributed by atoms with Crippen molar-refractivity contribution in [3.8, 4) is 11.5 Å². The Morgan fingerprint density at radius 2 is 1.31 bits per heavy atom. The molecule has 0 saturated heterocycles. The second-order valence-electron chi connectivity index (χ2n) is 10.0. The van der Waals surface area contributed by atoms with Gasteiger partial charge in [0.1, 0.15) is 11.5 Å². The SMILES string of the molecule is COc1ccc(C2(c3ccc(N(C)C)cc3)C=Cc3c(C)cc4c(C)cc(N(C)C)cc4c3O2)cc1. The van der Waals surface area contributed by atoms with Gasteiger partial charge in [0, 0.05) is 61.6 Å². The van der Waals surface area contributed by atoms with E-state index in [1.54, 1.807) is 7.11 Å². The van der Waals surface area contributed by atoms with Crippen LogP contribution in [0.3, 0.4) is 0 Å². The highest BCUT2D eigenvalue weighted by atomic mass is 16.5. The van der Waals surface area contributed by atoms with Gasteiger partial charge >= 0.3 is 0 Å². The molecule has 4 aromatic rings. The smallest absolute Gasteiger partial charge is 0.178 e. The summed E-state index contributed by atoms with van der Waals surface area (Å²) in [7, 11) is 9.96. The zero-order valence-electron chi connectivity index (χ0n) is 22.2. The molecule has 4 nitrogen and oxygen atoms in total. The average molecular weight is 479 g/mol. The van der Waals surface area contributed by atoms with E-state index in [1.165, 1.54) is 16.5 Å². The Labute approximate surface area is 214 Å². The van der Waals surface area contributed by atoms with Gasteiger partial charge in [-0.25, -0.2) is 0 Å². The molecule has 1 aliphatic heterocycles. The van der Waals surface area contributed by atoms with Crippen molar-refractivity contribution in [1.29, 1.82) is 0 Å². The first kappa shape index (κ1) is 23.8. The van der Waals surface area contributed by atoms with Crippen LogP contribution in [0.25, 0.3) is 16.8 Å². The molecule has 1 aliphatic rings. The number of aryl methyl sites for hydroxylation is 2. The number of ether oxygens (including phenoxy) is 2. The molecule has 184 valence electrons. The molecule has 36 heavy (non-hydrogen) atoms. The maximum atomic E-state index is 7.19. The summed E-state index contributed by atoms with van der Waals surface area (Å²) in [5.41, 5.74) is 7.25. The minimum absolute atomic E-state index is 0.771. The van der Waals surface area contributed by atoms with E-state index < -0.39 is 5.60 Å². The van der Waals surface area contributed by atoms with Crippen LogP contribution in [0.4, 0.5) is 11.4 Å². The van der Waals surface area contributed by atoms with Crippen LogP contribution in [-0.2, 0) is 5.60 Å². The van der Waals surface area contributed by atoms with Gasteiger partial charge in [0.2, 0.25) is 0 Å². The number of methoxy groups -OCH3 is 1. The summed E-state index contributed by atoms with van der Waals surface area (Å²) >= 11 is 0.